The summed E-state index contributed by atoms with van der Waals surface area (Å²) in [7, 11) is 0. The van der Waals surface area contributed by atoms with Gasteiger partial charge in [0.25, 0.3) is 0 Å². The van der Waals surface area contributed by atoms with Crippen molar-refractivity contribution in [2.24, 2.45) is 0 Å². The quantitative estimate of drug-likeness (QED) is 0.725. The second kappa shape index (κ2) is 6.23. The molecule has 1 aromatic carbocycles. The maximum atomic E-state index is 12.0. The van der Waals surface area contributed by atoms with E-state index in [0.29, 0.717) is 0 Å². The monoisotopic (exact) mass is 424 g/mol. The lowest BCUT2D eigenvalue weighted by molar-refractivity contribution is -0.122. The van der Waals surface area contributed by atoms with Crippen LogP contribution in [0.3, 0.4) is 0 Å². The molecular weight excluding hydrogens is 407 g/mol. The summed E-state index contributed by atoms with van der Waals surface area (Å²) in [6.45, 7) is 7.78. The normalized spacial score (nSPS) is 13.0. The second-order valence-electron chi connectivity index (χ2n) is 5.23. The Morgan fingerprint density at radius 3 is 2.56 bits per heavy atom. The minimum Gasteiger partial charge on any atom is -0.373 e. The predicted octanol–water partition coefficient (Wildman–Crippen LogP) is 3.77. The van der Waals surface area contributed by atoms with E-state index in [4.69, 9.17) is 0 Å². The van der Waals surface area contributed by atoms with Gasteiger partial charge in [-0.1, -0.05) is 15.9 Å². The number of nitrogens with one attached hydrogen (secondary N) is 2. The molecule has 0 radical (unpaired) electrons. The van der Waals surface area contributed by atoms with Gasteiger partial charge in [0, 0.05) is 19.3 Å². The number of carbonyl (C=O) groups is 1. The summed E-state index contributed by atoms with van der Waals surface area (Å²) >= 11 is 5.68. The van der Waals surface area contributed by atoms with Crippen molar-refractivity contribution in [3.63, 3.8) is 0 Å². The maximum absolute atomic E-state index is 12.0. The summed E-state index contributed by atoms with van der Waals surface area (Å²) in [4.78, 5) is 12.0. The van der Waals surface area contributed by atoms with Gasteiger partial charge in [0.1, 0.15) is 6.04 Å². The van der Waals surface area contributed by atoms with Crippen LogP contribution in [0.15, 0.2) is 22.7 Å². The fraction of sp³-hybridized carbons (Fsp3) is 0.462. The van der Waals surface area contributed by atoms with Gasteiger partial charge in [0.2, 0.25) is 5.91 Å². The molecule has 1 rings (SSSR count). The summed E-state index contributed by atoms with van der Waals surface area (Å²) in [5, 5.41) is 6.18. The van der Waals surface area contributed by atoms with Crippen molar-refractivity contribution in [2.45, 2.75) is 39.3 Å². The van der Waals surface area contributed by atoms with Crippen LogP contribution in [0, 0.1) is 3.57 Å². The third kappa shape index (κ3) is 5.14. The van der Waals surface area contributed by atoms with Gasteiger partial charge >= 0.3 is 0 Å². The van der Waals surface area contributed by atoms with Crippen LogP contribution in [-0.4, -0.2) is 17.5 Å². The second-order valence-corrected chi connectivity index (χ2v) is 7.31. The number of rotatable bonds is 3. The van der Waals surface area contributed by atoms with E-state index in [9.17, 15) is 4.79 Å². The summed E-state index contributed by atoms with van der Waals surface area (Å²) in [6, 6.07) is 5.68. The Morgan fingerprint density at radius 1 is 1.39 bits per heavy atom. The Bertz CT molecular complexity index is 443. The molecule has 0 saturated heterocycles. The highest BCUT2D eigenvalue weighted by atomic mass is 127. The van der Waals surface area contributed by atoms with Crippen molar-refractivity contribution >= 4 is 50.1 Å². The Kier molecular flexibility index (Phi) is 5.46. The number of benzene rings is 1. The number of hydrogen-bond donors (Lipinski definition) is 2. The predicted molar refractivity (Wildman–Crippen MR) is 87.8 cm³/mol. The minimum atomic E-state index is -0.271. The van der Waals surface area contributed by atoms with Gasteiger partial charge in [0.05, 0.1) is 0 Å². The molecule has 0 aliphatic heterocycles. The summed E-state index contributed by atoms with van der Waals surface area (Å²) < 4.78 is 2.08. The Labute approximate surface area is 130 Å². The lowest BCUT2D eigenvalue weighted by Gasteiger charge is -2.24. The molecule has 0 aliphatic carbocycles. The van der Waals surface area contributed by atoms with Crippen LogP contribution in [0.5, 0.6) is 0 Å². The highest BCUT2D eigenvalue weighted by Crippen LogP contribution is 2.23. The molecule has 1 aromatic rings. The Balaban J connectivity index is 2.72. The van der Waals surface area contributed by atoms with Crippen molar-refractivity contribution in [1.82, 2.24) is 5.32 Å². The Morgan fingerprint density at radius 2 is 2.00 bits per heavy atom. The largest absolute Gasteiger partial charge is 0.373 e. The first kappa shape index (κ1) is 15.8. The standard InChI is InChI=1S/C13H18BrIN2O/c1-8(12(18)17-13(2,3)4)16-11-7-9(14)5-6-10(11)15/h5-8,16H,1-4H3,(H,17,18). The number of amides is 1. The summed E-state index contributed by atoms with van der Waals surface area (Å²) in [5.41, 5.74) is 0.749. The van der Waals surface area contributed by atoms with Crippen LogP contribution in [0.25, 0.3) is 0 Å². The van der Waals surface area contributed by atoms with Crippen LogP contribution in [0.1, 0.15) is 27.7 Å². The van der Waals surface area contributed by atoms with Crippen molar-refractivity contribution in [3.8, 4) is 0 Å². The highest BCUT2D eigenvalue weighted by molar-refractivity contribution is 14.1. The smallest absolute Gasteiger partial charge is 0.242 e. The van der Waals surface area contributed by atoms with Gasteiger partial charge in [-0.2, -0.15) is 0 Å². The van der Waals surface area contributed by atoms with Crippen molar-refractivity contribution < 1.29 is 4.79 Å². The zero-order chi connectivity index (χ0) is 13.9. The molecule has 0 aromatic heterocycles. The lowest BCUT2D eigenvalue weighted by Crippen LogP contribution is -2.47. The molecule has 0 fully saturated rings. The molecule has 0 bridgehead atoms. The zero-order valence-corrected chi connectivity index (χ0v) is 14.7. The number of halogens is 2. The van der Waals surface area contributed by atoms with Crippen molar-refractivity contribution in [3.05, 3.63) is 26.2 Å². The SMILES string of the molecule is CC(Nc1cc(Br)ccc1I)C(=O)NC(C)(C)C. The highest BCUT2D eigenvalue weighted by Gasteiger charge is 2.19. The molecule has 0 heterocycles. The fourth-order valence-corrected chi connectivity index (χ4v) is 2.24. The van der Waals surface area contributed by atoms with E-state index in [0.717, 1.165) is 13.7 Å². The molecule has 0 spiro atoms. The van der Waals surface area contributed by atoms with Crippen LogP contribution < -0.4 is 10.6 Å². The van der Waals surface area contributed by atoms with Crippen molar-refractivity contribution in [1.29, 1.82) is 0 Å². The van der Waals surface area contributed by atoms with Crippen molar-refractivity contribution in [2.75, 3.05) is 5.32 Å². The molecule has 1 atom stereocenters. The molecule has 0 aliphatic rings. The van der Waals surface area contributed by atoms with E-state index in [-0.39, 0.29) is 17.5 Å². The van der Waals surface area contributed by atoms with Gasteiger partial charge in [-0.15, -0.1) is 0 Å². The van der Waals surface area contributed by atoms with Crippen LogP contribution in [-0.2, 0) is 4.79 Å². The van der Waals surface area contributed by atoms with E-state index in [1.807, 2.05) is 45.9 Å². The molecule has 3 nitrogen and oxygen atoms in total. The third-order valence-corrected chi connectivity index (χ3v) is 3.63. The molecule has 1 amide bonds. The summed E-state index contributed by atoms with van der Waals surface area (Å²) in [6.07, 6.45) is 0. The average molecular weight is 425 g/mol. The van der Waals surface area contributed by atoms with Crippen LogP contribution >= 0.6 is 38.5 Å². The first-order valence-corrected chi connectivity index (χ1v) is 7.60. The number of anilines is 1. The minimum absolute atomic E-state index is 0.00160. The van der Waals surface area contributed by atoms with Gasteiger partial charge in [-0.25, -0.2) is 0 Å². The molecule has 1 unspecified atom stereocenters. The zero-order valence-electron chi connectivity index (χ0n) is 11.0. The van der Waals surface area contributed by atoms with Gasteiger partial charge in [-0.05, 0) is 68.5 Å². The van der Waals surface area contributed by atoms with E-state index in [1.54, 1.807) is 0 Å². The molecule has 5 heteroatoms. The number of carbonyl (C=O) groups excluding carboxylic acids is 1. The van der Waals surface area contributed by atoms with E-state index >= 15 is 0 Å². The lowest BCUT2D eigenvalue weighted by atomic mass is 10.1. The molecule has 2 N–H and O–H groups in total. The summed E-state index contributed by atoms with van der Waals surface area (Å²) in [5.74, 6) is -0.00160. The number of hydrogen-bond acceptors (Lipinski definition) is 2. The molecule has 100 valence electrons. The fourth-order valence-electron chi connectivity index (χ4n) is 1.38. The Hall–Kier alpha value is -0.300. The van der Waals surface area contributed by atoms with Gasteiger partial charge in [0.15, 0.2) is 0 Å². The van der Waals surface area contributed by atoms with Gasteiger partial charge in [-0.3, -0.25) is 4.79 Å². The molecule has 18 heavy (non-hydrogen) atoms. The topological polar surface area (TPSA) is 41.1 Å². The average Bonchev–Trinajstić information content (AvgIpc) is 2.21. The third-order valence-electron chi connectivity index (χ3n) is 2.19. The van der Waals surface area contributed by atoms with Crippen LogP contribution in [0.2, 0.25) is 0 Å². The first-order valence-electron chi connectivity index (χ1n) is 5.72. The van der Waals surface area contributed by atoms with Crippen LogP contribution in [0.4, 0.5) is 5.69 Å². The molecular formula is C13H18BrIN2O. The first-order chi connectivity index (χ1) is 8.19. The molecule has 0 saturated carbocycles. The van der Waals surface area contributed by atoms with E-state index in [1.165, 1.54) is 0 Å². The van der Waals surface area contributed by atoms with E-state index in [2.05, 4.69) is 49.2 Å². The van der Waals surface area contributed by atoms with E-state index < -0.39 is 0 Å². The maximum Gasteiger partial charge on any atom is 0.242 e. The van der Waals surface area contributed by atoms with Gasteiger partial charge < -0.3 is 10.6 Å².